The molecule has 2 aromatic rings. The highest BCUT2D eigenvalue weighted by molar-refractivity contribution is 6.12. The average Bonchev–Trinajstić information content (AvgIpc) is 2.90. The lowest BCUT2D eigenvalue weighted by Gasteiger charge is -2.46. The van der Waals surface area contributed by atoms with E-state index in [9.17, 15) is 14.4 Å². The number of benzene rings is 1. The fraction of sp³-hybridized carbons (Fsp3) is 0.500. The lowest BCUT2D eigenvalue weighted by molar-refractivity contribution is -0.156. The third-order valence-electron chi connectivity index (χ3n) is 7.59. The smallest absolute Gasteiger partial charge is 0.325 e. The van der Waals surface area contributed by atoms with Gasteiger partial charge < -0.3 is 16.0 Å². The van der Waals surface area contributed by atoms with Crippen LogP contribution >= 0.6 is 0 Å². The third kappa shape index (κ3) is 5.53. The Labute approximate surface area is 213 Å². The second-order valence-corrected chi connectivity index (χ2v) is 10.0. The van der Waals surface area contributed by atoms with E-state index in [0.29, 0.717) is 23.8 Å². The number of likely N-dealkylation sites (tertiary alicyclic amines) is 1. The Morgan fingerprint density at radius 2 is 1.89 bits per heavy atom. The first-order valence-corrected chi connectivity index (χ1v) is 13.1. The highest BCUT2D eigenvalue weighted by Crippen LogP contribution is 2.34. The number of rotatable bonds is 8. The van der Waals surface area contributed by atoms with Crippen molar-refractivity contribution in [1.82, 2.24) is 15.2 Å². The Morgan fingerprint density at radius 1 is 1.17 bits per heavy atom. The molecule has 2 fully saturated rings. The van der Waals surface area contributed by atoms with Crippen molar-refractivity contribution in [3.8, 4) is 0 Å². The molecule has 2 aliphatic rings. The van der Waals surface area contributed by atoms with Crippen molar-refractivity contribution in [2.75, 3.05) is 17.7 Å². The van der Waals surface area contributed by atoms with Gasteiger partial charge in [0.05, 0.1) is 5.92 Å². The number of nitrogens with two attached hydrogens (primary N) is 1. The molecule has 192 valence electrons. The van der Waals surface area contributed by atoms with Crippen LogP contribution in [-0.4, -0.2) is 46.9 Å². The first-order valence-electron chi connectivity index (χ1n) is 13.1. The van der Waals surface area contributed by atoms with Crippen molar-refractivity contribution in [3.05, 3.63) is 54.2 Å². The fourth-order valence-corrected chi connectivity index (χ4v) is 5.61. The lowest BCUT2D eigenvalue weighted by Crippen LogP contribution is -2.71. The van der Waals surface area contributed by atoms with E-state index >= 15 is 0 Å². The Kier molecular flexibility index (Phi) is 8.23. The number of likely N-dealkylation sites (N-methyl/N-ethyl adjacent to an activating group) is 1. The molecule has 0 spiro atoms. The van der Waals surface area contributed by atoms with Gasteiger partial charge in [-0.05, 0) is 61.4 Å². The maximum Gasteiger partial charge on any atom is 0.325 e. The van der Waals surface area contributed by atoms with Gasteiger partial charge in [-0.3, -0.25) is 14.5 Å². The van der Waals surface area contributed by atoms with Crippen LogP contribution in [0.5, 0.6) is 0 Å². The van der Waals surface area contributed by atoms with Crippen molar-refractivity contribution in [3.63, 3.8) is 0 Å². The molecule has 3 atom stereocenters. The van der Waals surface area contributed by atoms with Crippen LogP contribution in [0.4, 0.5) is 16.3 Å². The molecule has 1 aromatic heterocycles. The second-order valence-electron chi connectivity index (χ2n) is 10.0. The number of pyridine rings is 1. The summed E-state index contributed by atoms with van der Waals surface area (Å²) in [5.74, 6) is -0.492. The summed E-state index contributed by atoms with van der Waals surface area (Å²) >= 11 is 0. The maximum atomic E-state index is 13.7. The molecule has 8 heteroatoms. The molecule has 1 saturated carbocycles. The molecule has 8 nitrogen and oxygen atoms in total. The van der Waals surface area contributed by atoms with Crippen molar-refractivity contribution < 1.29 is 14.4 Å². The Morgan fingerprint density at radius 3 is 2.56 bits per heavy atom. The van der Waals surface area contributed by atoms with E-state index in [2.05, 4.69) is 17.2 Å². The maximum absolute atomic E-state index is 13.7. The summed E-state index contributed by atoms with van der Waals surface area (Å²) in [4.78, 5) is 47.2. The highest BCUT2D eigenvalue weighted by Gasteiger charge is 2.55. The zero-order chi connectivity index (χ0) is 25.7. The van der Waals surface area contributed by atoms with Crippen LogP contribution in [0.25, 0.3) is 0 Å². The number of hydrogen-bond acceptors (Lipinski definition) is 5. The zero-order valence-electron chi connectivity index (χ0n) is 21.2. The van der Waals surface area contributed by atoms with Crippen molar-refractivity contribution in [2.24, 2.45) is 11.8 Å². The van der Waals surface area contributed by atoms with E-state index in [1.165, 1.54) is 24.2 Å². The minimum Gasteiger partial charge on any atom is -0.384 e. The number of amides is 4. The standard InChI is InChI=1S/C28H37N5O3/c1-3-10-23(20-11-6-4-7-12-20)31-28(36)33-25(27(35)32(2)21-13-8-5-9-14-21)22(26(33)34)17-19-15-16-30-24(29)18-19/h5,8-9,13-16,18,20,22-23,25H,3-4,6-7,10-12,17H2,1-2H3,(H2,29,30)(H,31,36)/t22-,23?,25+/m1/s1. The van der Waals surface area contributed by atoms with Gasteiger partial charge in [-0.15, -0.1) is 0 Å². The lowest BCUT2D eigenvalue weighted by atomic mass is 9.81. The first-order chi connectivity index (χ1) is 17.4. The average molecular weight is 492 g/mol. The number of nitrogen functional groups attached to an aromatic ring is 1. The molecule has 1 unspecified atom stereocenters. The van der Waals surface area contributed by atoms with Crippen LogP contribution in [0.3, 0.4) is 0 Å². The molecule has 36 heavy (non-hydrogen) atoms. The molecule has 4 rings (SSSR count). The molecular weight excluding hydrogens is 454 g/mol. The van der Waals surface area contributed by atoms with Gasteiger partial charge in [0, 0.05) is 25.0 Å². The Bertz CT molecular complexity index is 1070. The van der Waals surface area contributed by atoms with Gasteiger partial charge in [-0.25, -0.2) is 9.78 Å². The summed E-state index contributed by atoms with van der Waals surface area (Å²) in [5.41, 5.74) is 7.35. The molecule has 3 N–H and O–H groups in total. The van der Waals surface area contributed by atoms with Crippen LogP contribution in [0.15, 0.2) is 48.7 Å². The summed E-state index contributed by atoms with van der Waals surface area (Å²) in [5, 5.41) is 3.14. The number of carbonyl (C=O) groups is 3. The largest absolute Gasteiger partial charge is 0.384 e. The van der Waals surface area contributed by atoms with Crippen molar-refractivity contribution >= 4 is 29.4 Å². The molecule has 2 heterocycles. The summed E-state index contributed by atoms with van der Waals surface area (Å²) < 4.78 is 0. The number of urea groups is 1. The van der Waals surface area contributed by atoms with Gasteiger partial charge in [0.25, 0.3) is 5.91 Å². The molecule has 4 amide bonds. The summed E-state index contributed by atoms with van der Waals surface area (Å²) in [6.07, 6.45) is 9.46. The topological polar surface area (TPSA) is 109 Å². The van der Waals surface area contributed by atoms with Gasteiger partial charge in [-0.2, -0.15) is 0 Å². The molecule has 1 aliphatic carbocycles. The highest BCUT2D eigenvalue weighted by atomic mass is 16.2. The van der Waals surface area contributed by atoms with Crippen LogP contribution in [-0.2, 0) is 16.0 Å². The molecular formula is C28H37N5O3. The quantitative estimate of drug-likeness (QED) is 0.539. The molecule has 0 bridgehead atoms. The van der Waals surface area contributed by atoms with Crippen molar-refractivity contribution in [2.45, 2.75) is 70.4 Å². The van der Waals surface area contributed by atoms with E-state index in [4.69, 9.17) is 5.73 Å². The number of aromatic nitrogens is 1. The number of imide groups is 1. The predicted octanol–water partition coefficient (Wildman–Crippen LogP) is 4.15. The number of hydrogen-bond donors (Lipinski definition) is 2. The normalized spacial score (nSPS) is 20.9. The van der Waals surface area contributed by atoms with E-state index in [-0.39, 0.29) is 17.9 Å². The SMILES string of the molecule is CCCC(NC(=O)N1C(=O)[C@H](Cc2ccnc(N)c2)[C@H]1C(=O)N(C)c1ccccc1)C1CCCCC1. The van der Waals surface area contributed by atoms with Gasteiger partial charge in [0.1, 0.15) is 11.9 Å². The van der Waals surface area contributed by atoms with Crippen LogP contribution in [0.1, 0.15) is 57.4 Å². The predicted molar refractivity (Wildman–Crippen MR) is 140 cm³/mol. The summed E-state index contributed by atoms with van der Waals surface area (Å²) in [7, 11) is 1.68. The molecule has 1 aromatic carbocycles. The Hall–Kier alpha value is -3.42. The van der Waals surface area contributed by atoms with Gasteiger partial charge >= 0.3 is 6.03 Å². The third-order valence-corrected chi connectivity index (χ3v) is 7.59. The summed E-state index contributed by atoms with van der Waals surface area (Å²) in [6.45, 7) is 2.11. The number of nitrogens with zero attached hydrogens (tertiary/aromatic N) is 3. The monoisotopic (exact) mass is 491 g/mol. The van der Waals surface area contributed by atoms with Gasteiger partial charge in [0.15, 0.2) is 0 Å². The van der Waals surface area contributed by atoms with Crippen LogP contribution in [0.2, 0.25) is 0 Å². The molecule has 1 saturated heterocycles. The number of carbonyl (C=O) groups excluding carboxylic acids is 3. The number of para-hydroxylation sites is 1. The minimum absolute atomic E-state index is 0.0113. The van der Waals surface area contributed by atoms with Gasteiger partial charge in [0.2, 0.25) is 5.91 Å². The zero-order valence-corrected chi connectivity index (χ0v) is 21.2. The van der Waals surface area contributed by atoms with Gasteiger partial charge in [-0.1, -0.05) is 50.8 Å². The first kappa shape index (κ1) is 25.7. The van der Waals surface area contributed by atoms with Crippen molar-refractivity contribution in [1.29, 1.82) is 0 Å². The number of anilines is 2. The summed E-state index contributed by atoms with van der Waals surface area (Å²) in [6, 6.07) is 11.4. The van der Waals surface area contributed by atoms with E-state index in [1.54, 1.807) is 25.4 Å². The number of β-lactam (4-membered cyclic amide) rings is 1. The van der Waals surface area contributed by atoms with Crippen LogP contribution < -0.4 is 16.0 Å². The molecule has 0 radical (unpaired) electrons. The van der Waals surface area contributed by atoms with E-state index in [0.717, 1.165) is 36.1 Å². The fourth-order valence-electron chi connectivity index (χ4n) is 5.61. The second kappa shape index (κ2) is 11.5. The van der Waals surface area contributed by atoms with E-state index in [1.807, 2.05) is 30.3 Å². The number of nitrogens with one attached hydrogen (secondary N) is 1. The minimum atomic E-state index is -0.884. The Balaban J connectivity index is 1.56. The van der Waals surface area contributed by atoms with E-state index < -0.39 is 18.0 Å². The molecule has 1 aliphatic heterocycles. The van der Waals surface area contributed by atoms with Crippen LogP contribution in [0, 0.1) is 11.8 Å².